The minimum absolute atomic E-state index is 0.144. The topological polar surface area (TPSA) is 51.2 Å². The average molecular weight is 327 g/mol. The lowest BCUT2D eigenvalue weighted by Gasteiger charge is -2.04. The van der Waals surface area contributed by atoms with Crippen LogP contribution < -0.4 is 10.1 Å². The summed E-state index contributed by atoms with van der Waals surface area (Å²) in [6.45, 7) is 0.515. The third-order valence-corrected chi connectivity index (χ3v) is 3.88. The van der Waals surface area contributed by atoms with E-state index in [2.05, 4.69) is 26.2 Å². The van der Waals surface area contributed by atoms with Crippen molar-refractivity contribution >= 4 is 33.2 Å². The zero-order valence-corrected chi connectivity index (χ0v) is 12.0. The van der Waals surface area contributed by atoms with Crippen LogP contribution in [0.2, 0.25) is 0 Å². The smallest absolute Gasteiger partial charge is 0.253 e. The highest BCUT2D eigenvalue weighted by molar-refractivity contribution is 9.11. The van der Waals surface area contributed by atoms with E-state index in [0.717, 1.165) is 8.66 Å². The Morgan fingerprint density at radius 2 is 2.28 bits per heavy atom. The van der Waals surface area contributed by atoms with E-state index in [0.29, 0.717) is 18.0 Å². The Bertz CT molecular complexity index is 539. The number of pyridine rings is 1. The highest BCUT2D eigenvalue weighted by atomic mass is 79.9. The molecule has 2 rings (SSSR count). The van der Waals surface area contributed by atoms with Gasteiger partial charge in [0.25, 0.3) is 5.91 Å². The summed E-state index contributed by atoms with van der Waals surface area (Å²) < 4.78 is 5.99. The van der Waals surface area contributed by atoms with Crippen LogP contribution in [0.15, 0.2) is 34.2 Å². The van der Waals surface area contributed by atoms with E-state index in [1.54, 1.807) is 23.5 Å². The molecule has 4 nitrogen and oxygen atoms in total. The van der Waals surface area contributed by atoms with E-state index in [4.69, 9.17) is 4.74 Å². The second kappa shape index (κ2) is 5.97. The fourth-order valence-corrected chi connectivity index (χ4v) is 2.77. The predicted octanol–water partition coefficient (Wildman–Crippen LogP) is 2.84. The second-order valence-electron chi connectivity index (χ2n) is 3.48. The largest absolute Gasteiger partial charge is 0.481 e. The van der Waals surface area contributed by atoms with E-state index >= 15 is 0 Å². The average Bonchev–Trinajstić information content (AvgIpc) is 2.82. The van der Waals surface area contributed by atoms with Gasteiger partial charge in [-0.25, -0.2) is 4.98 Å². The molecule has 0 radical (unpaired) electrons. The Kier molecular flexibility index (Phi) is 4.33. The van der Waals surface area contributed by atoms with Crippen molar-refractivity contribution in [2.24, 2.45) is 0 Å². The molecule has 0 bridgehead atoms. The molecule has 0 fully saturated rings. The number of aromatic nitrogens is 1. The first-order valence-corrected chi connectivity index (χ1v) is 6.82. The Balaban J connectivity index is 1.94. The SMILES string of the molecule is COc1ccc(C(=O)NCc2ccc(Br)s2)cn1. The molecule has 0 aliphatic carbocycles. The first-order chi connectivity index (χ1) is 8.69. The van der Waals surface area contributed by atoms with Crippen LogP contribution in [0.5, 0.6) is 5.88 Å². The number of carbonyl (C=O) groups is 1. The summed E-state index contributed by atoms with van der Waals surface area (Å²) in [5.74, 6) is 0.350. The van der Waals surface area contributed by atoms with E-state index in [1.165, 1.54) is 13.3 Å². The van der Waals surface area contributed by atoms with Gasteiger partial charge < -0.3 is 10.1 Å². The van der Waals surface area contributed by atoms with Gasteiger partial charge in [0, 0.05) is 17.1 Å². The van der Waals surface area contributed by atoms with Gasteiger partial charge in [-0.2, -0.15) is 0 Å². The van der Waals surface area contributed by atoms with Crippen LogP contribution in [-0.4, -0.2) is 18.0 Å². The minimum atomic E-state index is -0.144. The maximum absolute atomic E-state index is 11.8. The standard InChI is InChI=1S/C12H11BrN2O2S/c1-17-11-5-2-8(6-14-11)12(16)15-7-9-3-4-10(13)18-9/h2-6H,7H2,1H3,(H,15,16). The third-order valence-electron chi connectivity index (χ3n) is 2.26. The van der Waals surface area contributed by atoms with Crippen LogP contribution >= 0.6 is 27.3 Å². The Morgan fingerprint density at radius 1 is 1.44 bits per heavy atom. The maximum atomic E-state index is 11.8. The van der Waals surface area contributed by atoms with Gasteiger partial charge in [0.1, 0.15) is 0 Å². The van der Waals surface area contributed by atoms with E-state index in [9.17, 15) is 4.79 Å². The molecular weight excluding hydrogens is 316 g/mol. The quantitative estimate of drug-likeness (QED) is 0.939. The maximum Gasteiger partial charge on any atom is 0.253 e. The fraction of sp³-hybridized carbons (Fsp3) is 0.167. The van der Waals surface area contributed by atoms with Crippen molar-refractivity contribution in [1.82, 2.24) is 10.3 Å². The first kappa shape index (κ1) is 13.0. The van der Waals surface area contributed by atoms with Gasteiger partial charge >= 0.3 is 0 Å². The molecule has 0 saturated heterocycles. The Hall–Kier alpha value is -1.40. The van der Waals surface area contributed by atoms with Gasteiger partial charge in [0.2, 0.25) is 5.88 Å². The molecule has 2 heterocycles. The summed E-state index contributed by atoms with van der Waals surface area (Å²) in [6, 6.07) is 7.28. The van der Waals surface area contributed by atoms with Crippen LogP contribution in [0, 0.1) is 0 Å². The lowest BCUT2D eigenvalue weighted by Crippen LogP contribution is -2.22. The van der Waals surface area contributed by atoms with Crippen molar-refractivity contribution in [3.05, 3.63) is 44.7 Å². The van der Waals surface area contributed by atoms with Crippen molar-refractivity contribution < 1.29 is 9.53 Å². The zero-order valence-electron chi connectivity index (χ0n) is 9.64. The van der Waals surface area contributed by atoms with Gasteiger partial charge in [-0.1, -0.05) is 0 Å². The van der Waals surface area contributed by atoms with Crippen molar-refractivity contribution in [2.75, 3.05) is 7.11 Å². The number of ether oxygens (including phenoxy) is 1. The number of thiophene rings is 1. The van der Waals surface area contributed by atoms with Crippen molar-refractivity contribution in [2.45, 2.75) is 6.54 Å². The van der Waals surface area contributed by atoms with E-state index in [1.807, 2.05) is 12.1 Å². The van der Waals surface area contributed by atoms with E-state index in [-0.39, 0.29) is 5.91 Å². The molecule has 6 heteroatoms. The molecule has 2 aromatic heterocycles. The lowest BCUT2D eigenvalue weighted by molar-refractivity contribution is 0.0951. The van der Waals surface area contributed by atoms with Crippen LogP contribution in [-0.2, 0) is 6.54 Å². The molecule has 0 aliphatic rings. The van der Waals surface area contributed by atoms with Crippen LogP contribution in [0.3, 0.4) is 0 Å². The number of amides is 1. The number of carbonyl (C=O) groups excluding carboxylic acids is 1. The number of methoxy groups -OCH3 is 1. The second-order valence-corrected chi connectivity index (χ2v) is 6.03. The molecule has 0 saturated carbocycles. The van der Waals surface area contributed by atoms with Crippen LogP contribution in [0.25, 0.3) is 0 Å². The molecule has 0 aromatic carbocycles. The molecule has 94 valence electrons. The van der Waals surface area contributed by atoms with Crippen molar-refractivity contribution in [3.63, 3.8) is 0 Å². The van der Waals surface area contributed by atoms with Gasteiger partial charge in [-0.3, -0.25) is 4.79 Å². The summed E-state index contributed by atoms with van der Waals surface area (Å²) >= 11 is 4.98. The summed E-state index contributed by atoms with van der Waals surface area (Å²) in [5.41, 5.74) is 0.520. The molecular formula is C12H11BrN2O2S. The van der Waals surface area contributed by atoms with Gasteiger partial charge in [0.05, 0.1) is 23.0 Å². The van der Waals surface area contributed by atoms with Crippen LogP contribution in [0.1, 0.15) is 15.2 Å². The first-order valence-electron chi connectivity index (χ1n) is 5.21. The summed E-state index contributed by atoms with van der Waals surface area (Å²) in [5, 5.41) is 2.84. The highest BCUT2D eigenvalue weighted by Crippen LogP contribution is 2.21. The number of rotatable bonds is 4. The predicted molar refractivity (Wildman–Crippen MR) is 74.0 cm³/mol. The third kappa shape index (κ3) is 3.30. The monoisotopic (exact) mass is 326 g/mol. The van der Waals surface area contributed by atoms with Crippen molar-refractivity contribution in [3.8, 4) is 5.88 Å². The summed E-state index contributed by atoms with van der Waals surface area (Å²) in [6.07, 6.45) is 1.50. The van der Waals surface area contributed by atoms with Crippen molar-refractivity contribution in [1.29, 1.82) is 0 Å². The molecule has 1 N–H and O–H groups in total. The van der Waals surface area contributed by atoms with E-state index < -0.39 is 0 Å². The molecule has 18 heavy (non-hydrogen) atoms. The number of hydrogen-bond acceptors (Lipinski definition) is 4. The highest BCUT2D eigenvalue weighted by Gasteiger charge is 2.06. The molecule has 2 aromatic rings. The van der Waals surface area contributed by atoms with Gasteiger partial charge in [0.15, 0.2) is 0 Å². The zero-order chi connectivity index (χ0) is 13.0. The summed E-state index contributed by atoms with van der Waals surface area (Å²) in [4.78, 5) is 16.9. The number of nitrogens with one attached hydrogen (secondary N) is 1. The molecule has 0 unspecified atom stereocenters. The number of halogens is 1. The Morgan fingerprint density at radius 3 is 2.83 bits per heavy atom. The van der Waals surface area contributed by atoms with Gasteiger partial charge in [-0.05, 0) is 34.1 Å². The minimum Gasteiger partial charge on any atom is -0.481 e. The van der Waals surface area contributed by atoms with Gasteiger partial charge in [-0.15, -0.1) is 11.3 Å². The normalized spacial score (nSPS) is 10.1. The molecule has 0 atom stereocenters. The number of hydrogen-bond donors (Lipinski definition) is 1. The fourth-order valence-electron chi connectivity index (χ4n) is 1.35. The Labute approximate surface area is 117 Å². The summed E-state index contributed by atoms with van der Waals surface area (Å²) in [7, 11) is 1.54. The molecule has 0 aliphatic heterocycles. The lowest BCUT2D eigenvalue weighted by atomic mass is 10.2. The number of nitrogens with zero attached hydrogens (tertiary/aromatic N) is 1. The van der Waals surface area contributed by atoms with Crippen LogP contribution in [0.4, 0.5) is 0 Å². The molecule has 0 spiro atoms. The molecule has 1 amide bonds.